The standard InChI is InChI=1S/C30H14F6N2O11S2/c31-29(32,33)15-1-7-19(8-2-15)50(43,44)48-37-25(39)21-11-5-17(13-23(21)27(37)41)47-18-6-12-22-24(14-18)28(42)38(26(22)40)49-51(45,46)20-9-3-16(4-10-20)30(34,35)36/h1-14H. The monoisotopic (exact) mass is 756 g/mol. The van der Waals surface area contributed by atoms with Crippen molar-refractivity contribution >= 4 is 43.9 Å². The van der Waals surface area contributed by atoms with Crippen LogP contribution < -0.4 is 4.74 Å². The Labute approximate surface area is 281 Å². The average molecular weight is 757 g/mol. The Morgan fingerprint density at radius 3 is 1.08 bits per heavy atom. The summed E-state index contributed by atoms with van der Waals surface area (Å²) < 4.78 is 143. The number of amides is 4. The summed E-state index contributed by atoms with van der Waals surface area (Å²) in [7, 11) is -9.94. The van der Waals surface area contributed by atoms with E-state index < -0.39 is 88.3 Å². The summed E-state index contributed by atoms with van der Waals surface area (Å²) in [4.78, 5) is 49.9. The average Bonchev–Trinajstić information content (AvgIpc) is 3.43. The quantitative estimate of drug-likeness (QED) is 0.168. The molecule has 4 aromatic rings. The van der Waals surface area contributed by atoms with Crippen LogP contribution in [0.15, 0.2) is 94.7 Å². The van der Waals surface area contributed by atoms with Gasteiger partial charge in [-0.2, -0.15) is 43.2 Å². The molecule has 264 valence electrons. The van der Waals surface area contributed by atoms with Crippen molar-refractivity contribution in [2.75, 3.05) is 0 Å². The van der Waals surface area contributed by atoms with Crippen LogP contribution in [0.4, 0.5) is 26.3 Å². The number of imide groups is 2. The SMILES string of the molecule is O=C1c2ccc(Oc3ccc4c(c3)C(=O)N(OS(=O)(=O)c3ccc(C(F)(F)F)cc3)C4=O)cc2C(=O)N1OS(=O)(=O)c1ccc(C(F)(F)F)cc1. The van der Waals surface area contributed by atoms with E-state index in [0.29, 0.717) is 48.5 Å². The summed E-state index contributed by atoms with van der Waals surface area (Å²) in [6.07, 6.45) is -9.53. The van der Waals surface area contributed by atoms with Crippen LogP contribution in [0, 0.1) is 0 Å². The first-order valence-corrected chi connectivity index (χ1v) is 16.5. The predicted molar refractivity (Wildman–Crippen MR) is 153 cm³/mol. The maximum atomic E-state index is 13.0. The van der Waals surface area contributed by atoms with E-state index in [2.05, 4.69) is 8.57 Å². The van der Waals surface area contributed by atoms with E-state index in [1.165, 1.54) is 0 Å². The molecule has 4 aromatic carbocycles. The van der Waals surface area contributed by atoms with E-state index in [0.717, 1.165) is 36.4 Å². The van der Waals surface area contributed by atoms with Crippen molar-refractivity contribution in [3.8, 4) is 11.5 Å². The first kappa shape index (κ1) is 35.2. The number of halogens is 6. The summed E-state index contributed by atoms with van der Waals surface area (Å²) in [5.74, 6) is -5.37. The lowest BCUT2D eigenvalue weighted by Gasteiger charge is -2.13. The summed E-state index contributed by atoms with van der Waals surface area (Å²) in [6, 6.07) is 10.5. The number of rotatable bonds is 8. The molecule has 2 aliphatic heterocycles. The van der Waals surface area contributed by atoms with Crippen molar-refractivity contribution in [3.63, 3.8) is 0 Å². The van der Waals surface area contributed by atoms with Crippen LogP contribution in [0.2, 0.25) is 0 Å². The minimum absolute atomic E-state index is 0.117. The van der Waals surface area contributed by atoms with E-state index in [4.69, 9.17) is 4.74 Å². The van der Waals surface area contributed by atoms with Crippen molar-refractivity contribution in [1.82, 2.24) is 10.1 Å². The van der Waals surface area contributed by atoms with Gasteiger partial charge in [0, 0.05) is 0 Å². The number of hydroxylamine groups is 4. The highest BCUT2D eigenvalue weighted by molar-refractivity contribution is 7.87. The third-order valence-corrected chi connectivity index (χ3v) is 9.55. The molecule has 0 spiro atoms. The molecule has 0 aliphatic carbocycles. The fourth-order valence-electron chi connectivity index (χ4n) is 4.70. The molecule has 0 radical (unpaired) electrons. The highest BCUT2D eigenvalue weighted by Crippen LogP contribution is 2.35. The summed E-state index contributed by atoms with van der Waals surface area (Å²) in [5, 5.41) is -0.233. The lowest BCUT2D eigenvalue weighted by molar-refractivity contribution is -0.138. The third-order valence-electron chi connectivity index (χ3n) is 7.16. The zero-order chi connectivity index (χ0) is 37.3. The molecule has 0 bridgehead atoms. The molecule has 2 aliphatic rings. The molecular weight excluding hydrogens is 742 g/mol. The van der Waals surface area contributed by atoms with Crippen molar-refractivity contribution in [2.45, 2.75) is 22.1 Å². The molecule has 0 N–H and O–H groups in total. The summed E-state index contributed by atoms with van der Waals surface area (Å²) in [5.41, 5.74) is -3.84. The molecule has 51 heavy (non-hydrogen) atoms. The predicted octanol–water partition coefficient (Wildman–Crippen LogP) is 5.35. The van der Waals surface area contributed by atoms with E-state index in [9.17, 15) is 62.4 Å². The van der Waals surface area contributed by atoms with Gasteiger partial charge in [0.25, 0.3) is 23.6 Å². The number of fused-ring (bicyclic) bond motifs is 2. The molecule has 4 amide bonds. The molecule has 6 rings (SSSR count). The molecule has 0 saturated heterocycles. The highest BCUT2D eigenvalue weighted by Gasteiger charge is 2.43. The number of benzene rings is 4. The molecule has 0 aromatic heterocycles. The number of alkyl halides is 6. The normalized spacial score (nSPS) is 15.0. The van der Waals surface area contributed by atoms with Crippen LogP contribution in [0.5, 0.6) is 11.5 Å². The Hall–Kier alpha value is -5.64. The Kier molecular flexibility index (Phi) is 8.28. The fraction of sp³-hybridized carbons (Fsp3) is 0.0667. The molecule has 0 unspecified atom stereocenters. The van der Waals surface area contributed by atoms with E-state index in [1.54, 1.807) is 0 Å². The number of carbonyl (C=O) groups is 4. The van der Waals surface area contributed by atoms with Gasteiger partial charge in [-0.3, -0.25) is 19.2 Å². The number of nitrogens with zero attached hydrogens (tertiary/aromatic N) is 2. The van der Waals surface area contributed by atoms with Gasteiger partial charge >= 0.3 is 32.6 Å². The van der Waals surface area contributed by atoms with Crippen LogP contribution in [0.25, 0.3) is 0 Å². The first-order chi connectivity index (χ1) is 23.7. The number of hydrogen-bond donors (Lipinski definition) is 0. The van der Waals surface area contributed by atoms with Gasteiger partial charge in [0.2, 0.25) is 0 Å². The van der Waals surface area contributed by atoms with Crippen molar-refractivity contribution in [1.29, 1.82) is 0 Å². The second-order valence-electron chi connectivity index (χ2n) is 10.4. The van der Waals surface area contributed by atoms with Crippen LogP contribution in [-0.4, -0.2) is 50.6 Å². The maximum Gasteiger partial charge on any atom is 0.416 e. The van der Waals surface area contributed by atoms with E-state index in [-0.39, 0.29) is 32.8 Å². The van der Waals surface area contributed by atoms with Gasteiger partial charge in [-0.05, 0) is 84.9 Å². The second-order valence-corrected chi connectivity index (χ2v) is 13.5. The second kappa shape index (κ2) is 12.0. The first-order valence-electron chi connectivity index (χ1n) is 13.6. The number of hydrogen-bond acceptors (Lipinski definition) is 11. The van der Waals surface area contributed by atoms with Crippen LogP contribution in [-0.2, 0) is 41.2 Å². The zero-order valence-electron chi connectivity index (χ0n) is 24.6. The Balaban J connectivity index is 1.17. The van der Waals surface area contributed by atoms with Crippen LogP contribution >= 0.6 is 0 Å². The van der Waals surface area contributed by atoms with Gasteiger partial charge in [-0.1, -0.05) is 0 Å². The van der Waals surface area contributed by atoms with Crippen molar-refractivity contribution < 1.29 is 75.7 Å². The molecular formula is C30H14F6N2O11S2. The lowest BCUT2D eigenvalue weighted by Crippen LogP contribution is -2.32. The van der Waals surface area contributed by atoms with Gasteiger partial charge < -0.3 is 4.74 Å². The maximum absolute atomic E-state index is 13.0. The van der Waals surface area contributed by atoms with Crippen LogP contribution in [0.3, 0.4) is 0 Å². The Bertz CT molecular complexity index is 2210. The molecule has 0 fully saturated rings. The number of carbonyl (C=O) groups excluding carboxylic acids is 4. The zero-order valence-corrected chi connectivity index (χ0v) is 26.2. The largest absolute Gasteiger partial charge is 0.457 e. The van der Waals surface area contributed by atoms with Crippen LogP contribution in [0.1, 0.15) is 52.6 Å². The van der Waals surface area contributed by atoms with E-state index >= 15 is 0 Å². The fourth-order valence-corrected chi connectivity index (χ4v) is 6.47. The van der Waals surface area contributed by atoms with Crippen molar-refractivity contribution in [3.05, 3.63) is 118 Å². The van der Waals surface area contributed by atoms with E-state index in [1.807, 2.05) is 0 Å². The van der Waals surface area contributed by atoms with Gasteiger partial charge in [-0.25, -0.2) is 0 Å². The lowest BCUT2D eigenvalue weighted by atomic mass is 10.1. The Morgan fingerprint density at radius 1 is 0.451 bits per heavy atom. The van der Waals surface area contributed by atoms with Gasteiger partial charge in [0.15, 0.2) is 0 Å². The minimum atomic E-state index is -4.97. The smallest absolute Gasteiger partial charge is 0.416 e. The molecule has 0 saturated carbocycles. The third kappa shape index (κ3) is 6.54. The number of ether oxygens (including phenoxy) is 1. The molecule has 2 heterocycles. The van der Waals surface area contributed by atoms with Gasteiger partial charge in [0.05, 0.1) is 43.2 Å². The van der Waals surface area contributed by atoms with Gasteiger partial charge in [0.1, 0.15) is 11.5 Å². The molecule has 0 atom stereocenters. The minimum Gasteiger partial charge on any atom is -0.457 e. The molecule has 13 nitrogen and oxygen atoms in total. The highest BCUT2D eigenvalue weighted by atomic mass is 32.2. The topological polar surface area (TPSA) is 171 Å². The van der Waals surface area contributed by atoms with Gasteiger partial charge in [-0.15, -0.1) is 18.7 Å². The Morgan fingerprint density at radius 2 is 0.765 bits per heavy atom. The molecule has 21 heteroatoms. The van der Waals surface area contributed by atoms with Crippen molar-refractivity contribution in [2.24, 2.45) is 0 Å². The summed E-state index contributed by atoms with van der Waals surface area (Å²) in [6.45, 7) is 0. The summed E-state index contributed by atoms with van der Waals surface area (Å²) >= 11 is 0.